The van der Waals surface area contributed by atoms with Gasteiger partial charge in [0.05, 0.1) is 6.61 Å². The molecule has 0 radical (unpaired) electrons. The Hall–Kier alpha value is -0.0800. The minimum atomic E-state index is 0.131. The summed E-state index contributed by atoms with van der Waals surface area (Å²) in [5, 5.41) is 3.60. The molecule has 0 bridgehead atoms. The Morgan fingerprint density at radius 3 is 2.43 bits per heavy atom. The van der Waals surface area contributed by atoms with Gasteiger partial charge in [0.15, 0.2) is 0 Å². The van der Waals surface area contributed by atoms with Gasteiger partial charge in [-0.25, -0.2) is 0 Å². The third kappa shape index (κ3) is 4.43. The number of methoxy groups -OCH3 is 1. The lowest BCUT2D eigenvalue weighted by Gasteiger charge is -2.30. The highest BCUT2D eigenvalue weighted by Gasteiger charge is 2.20. The van der Waals surface area contributed by atoms with E-state index in [0.29, 0.717) is 0 Å². The van der Waals surface area contributed by atoms with E-state index in [2.05, 4.69) is 19.2 Å². The van der Waals surface area contributed by atoms with E-state index in [1.54, 1.807) is 7.11 Å². The highest BCUT2D eigenvalue weighted by molar-refractivity contribution is 4.79. The molecule has 0 aromatic rings. The maximum absolute atomic E-state index is 5.18. The fourth-order valence-corrected chi connectivity index (χ4v) is 2.22. The topological polar surface area (TPSA) is 21.3 Å². The maximum Gasteiger partial charge on any atom is 0.0639 e. The number of hydrogen-bond donors (Lipinski definition) is 1. The summed E-state index contributed by atoms with van der Waals surface area (Å²) in [6, 6.07) is 0. The van der Waals surface area contributed by atoms with Gasteiger partial charge in [-0.2, -0.15) is 0 Å². The predicted molar refractivity (Wildman–Crippen MR) is 60.5 cm³/mol. The molecule has 0 heterocycles. The standard InChI is InChI=1S/C12H25NO/c1-12(2,10-14-3)13-9-11-7-5-4-6-8-11/h11,13H,4-10H2,1-3H3. The van der Waals surface area contributed by atoms with Crippen molar-refractivity contribution in [1.29, 1.82) is 0 Å². The Bertz CT molecular complexity index is 150. The molecule has 1 N–H and O–H groups in total. The van der Waals surface area contributed by atoms with E-state index in [9.17, 15) is 0 Å². The molecular formula is C12H25NO. The fourth-order valence-electron chi connectivity index (χ4n) is 2.22. The first-order chi connectivity index (χ1) is 6.64. The van der Waals surface area contributed by atoms with Crippen molar-refractivity contribution in [3.05, 3.63) is 0 Å². The lowest BCUT2D eigenvalue weighted by atomic mass is 9.88. The van der Waals surface area contributed by atoms with Crippen LogP contribution in [-0.4, -0.2) is 25.8 Å². The first-order valence-electron chi connectivity index (χ1n) is 5.88. The third-order valence-corrected chi connectivity index (χ3v) is 3.10. The van der Waals surface area contributed by atoms with Gasteiger partial charge in [0, 0.05) is 12.6 Å². The van der Waals surface area contributed by atoms with E-state index in [0.717, 1.165) is 19.1 Å². The summed E-state index contributed by atoms with van der Waals surface area (Å²) in [5.74, 6) is 0.903. The third-order valence-electron chi connectivity index (χ3n) is 3.10. The molecule has 2 heteroatoms. The van der Waals surface area contributed by atoms with Gasteiger partial charge in [-0.05, 0) is 39.2 Å². The highest BCUT2D eigenvalue weighted by Crippen LogP contribution is 2.23. The van der Waals surface area contributed by atoms with E-state index in [1.807, 2.05) is 0 Å². The Morgan fingerprint density at radius 2 is 1.86 bits per heavy atom. The predicted octanol–water partition coefficient (Wildman–Crippen LogP) is 2.58. The van der Waals surface area contributed by atoms with Crippen molar-refractivity contribution in [2.45, 2.75) is 51.5 Å². The first kappa shape index (κ1) is 12.0. The Labute approximate surface area is 88.4 Å². The highest BCUT2D eigenvalue weighted by atomic mass is 16.5. The first-order valence-corrected chi connectivity index (χ1v) is 5.88. The molecule has 1 rings (SSSR count). The van der Waals surface area contributed by atoms with Crippen molar-refractivity contribution in [2.24, 2.45) is 5.92 Å². The van der Waals surface area contributed by atoms with Gasteiger partial charge in [0.1, 0.15) is 0 Å². The van der Waals surface area contributed by atoms with Crippen LogP contribution in [0.1, 0.15) is 46.0 Å². The molecule has 14 heavy (non-hydrogen) atoms. The zero-order chi connectivity index (χ0) is 10.4. The average molecular weight is 199 g/mol. The molecule has 2 nitrogen and oxygen atoms in total. The maximum atomic E-state index is 5.18. The molecule has 0 unspecified atom stereocenters. The molecule has 0 atom stereocenters. The number of ether oxygens (including phenoxy) is 1. The lowest BCUT2D eigenvalue weighted by molar-refractivity contribution is 0.123. The molecule has 0 aliphatic heterocycles. The van der Waals surface area contributed by atoms with Crippen LogP contribution in [0.25, 0.3) is 0 Å². The Kier molecular flexibility index (Phi) is 4.90. The number of hydrogen-bond acceptors (Lipinski definition) is 2. The van der Waals surface area contributed by atoms with Crippen molar-refractivity contribution >= 4 is 0 Å². The van der Waals surface area contributed by atoms with Gasteiger partial charge in [0.25, 0.3) is 0 Å². The van der Waals surface area contributed by atoms with Gasteiger partial charge < -0.3 is 10.1 Å². The average Bonchev–Trinajstić information content (AvgIpc) is 2.17. The summed E-state index contributed by atoms with van der Waals surface area (Å²) in [4.78, 5) is 0. The zero-order valence-corrected chi connectivity index (χ0v) is 9.94. The molecule has 0 aromatic heterocycles. The second kappa shape index (κ2) is 5.72. The number of rotatable bonds is 5. The van der Waals surface area contributed by atoms with Crippen LogP contribution >= 0.6 is 0 Å². The molecule has 1 aliphatic carbocycles. The summed E-state index contributed by atoms with van der Waals surface area (Å²) in [6.07, 6.45) is 7.12. The molecule has 0 spiro atoms. The van der Waals surface area contributed by atoms with Crippen LogP contribution in [-0.2, 0) is 4.74 Å². The second-order valence-electron chi connectivity index (χ2n) is 5.20. The molecule has 0 amide bonds. The van der Waals surface area contributed by atoms with E-state index in [4.69, 9.17) is 4.74 Å². The van der Waals surface area contributed by atoms with Crippen LogP contribution in [0.2, 0.25) is 0 Å². The minimum Gasteiger partial charge on any atom is -0.383 e. The SMILES string of the molecule is COCC(C)(C)NCC1CCCCC1. The van der Waals surface area contributed by atoms with Crippen molar-refractivity contribution in [3.63, 3.8) is 0 Å². The van der Waals surface area contributed by atoms with Crippen molar-refractivity contribution < 1.29 is 4.74 Å². The van der Waals surface area contributed by atoms with Gasteiger partial charge in [0.2, 0.25) is 0 Å². The molecule has 1 fully saturated rings. The monoisotopic (exact) mass is 199 g/mol. The lowest BCUT2D eigenvalue weighted by Crippen LogP contribution is -2.45. The summed E-state index contributed by atoms with van der Waals surface area (Å²) in [5.41, 5.74) is 0.131. The van der Waals surface area contributed by atoms with Gasteiger partial charge in [-0.3, -0.25) is 0 Å². The summed E-state index contributed by atoms with van der Waals surface area (Å²) < 4.78 is 5.18. The Balaban J connectivity index is 2.17. The normalized spacial score (nSPS) is 19.9. The largest absolute Gasteiger partial charge is 0.383 e. The molecule has 1 aliphatic rings. The second-order valence-corrected chi connectivity index (χ2v) is 5.20. The van der Waals surface area contributed by atoms with Crippen LogP contribution in [0, 0.1) is 5.92 Å². The quantitative estimate of drug-likeness (QED) is 0.735. The van der Waals surface area contributed by atoms with Crippen LogP contribution < -0.4 is 5.32 Å². The number of nitrogens with one attached hydrogen (secondary N) is 1. The van der Waals surface area contributed by atoms with Crippen LogP contribution in [0.15, 0.2) is 0 Å². The van der Waals surface area contributed by atoms with Gasteiger partial charge >= 0.3 is 0 Å². The fraction of sp³-hybridized carbons (Fsp3) is 1.00. The molecule has 0 saturated heterocycles. The Morgan fingerprint density at radius 1 is 1.21 bits per heavy atom. The van der Waals surface area contributed by atoms with E-state index in [-0.39, 0.29) is 5.54 Å². The summed E-state index contributed by atoms with van der Waals surface area (Å²) in [7, 11) is 1.77. The van der Waals surface area contributed by atoms with Crippen LogP contribution in [0.4, 0.5) is 0 Å². The zero-order valence-electron chi connectivity index (χ0n) is 9.94. The van der Waals surface area contributed by atoms with Crippen molar-refractivity contribution in [1.82, 2.24) is 5.32 Å². The summed E-state index contributed by atoms with van der Waals surface area (Å²) in [6.45, 7) is 6.37. The van der Waals surface area contributed by atoms with Gasteiger partial charge in [-0.15, -0.1) is 0 Å². The minimum absolute atomic E-state index is 0.131. The molecular weight excluding hydrogens is 174 g/mol. The molecule has 84 valence electrons. The molecule has 1 saturated carbocycles. The van der Waals surface area contributed by atoms with Gasteiger partial charge in [-0.1, -0.05) is 19.3 Å². The van der Waals surface area contributed by atoms with E-state index < -0.39 is 0 Å². The van der Waals surface area contributed by atoms with Crippen molar-refractivity contribution in [2.75, 3.05) is 20.3 Å². The molecule has 0 aromatic carbocycles. The van der Waals surface area contributed by atoms with Crippen LogP contribution in [0.5, 0.6) is 0 Å². The van der Waals surface area contributed by atoms with E-state index >= 15 is 0 Å². The summed E-state index contributed by atoms with van der Waals surface area (Å²) >= 11 is 0. The van der Waals surface area contributed by atoms with E-state index in [1.165, 1.54) is 32.1 Å². The van der Waals surface area contributed by atoms with Crippen LogP contribution in [0.3, 0.4) is 0 Å². The van der Waals surface area contributed by atoms with Crippen molar-refractivity contribution in [3.8, 4) is 0 Å². The smallest absolute Gasteiger partial charge is 0.0639 e.